The summed E-state index contributed by atoms with van der Waals surface area (Å²) >= 11 is 0. The van der Waals surface area contributed by atoms with Crippen molar-refractivity contribution in [1.82, 2.24) is 9.78 Å². The highest BCUT2D eigenvalue weighted by Gasteiger charge is 2.32. The Morgan fingerprint density at radius 1 is 0.885 bits per heavy atom. The van der Waals surface area contributed by atoms with Gasteiger partial charge in [-0.2, -0.15) is 5.10 Å². The summed E-state index contributed by atoms with van der Waals surface area (Å²) in [6, 6.07) is 9.29. The van der Waals surface area contributed by atoms with E-state index >= 15 is 0 Å². The molecule has 0 unspecified atom stereocenters. The standard InChI is InChI=1S/C20H26N2O4/c1-13-15(17(23)25-19(2,3)4)16(18(24)26-20(5,6)7)21-22(13)14-11-9-8-10-12-14/h8-12H,1-7H3. The first-order valence-electron chi connectivity index (χ1n) is 8.51. The van der Waals surface area contributed by atoms with Gasteiger partial charge in [-0.3, -0.25) is 0 Å². The van der Waals surface area contributed by atoms with Crippen molar-refractivity contribution in [3.63, 3.8) is 0 Å². The third-order valence-electron chi connectivity index (χ3n) is 3.31. The first-order chi connectivity index (χ1) is 11.9. The summed E-state index contributed by atoms with van der Waals surface area (Å²) in [4.78, 5) is 25.4. The molecular formula is C20H26N2O4. The lowest BCUT2D eigenvalue weighted by atomic mass is 10.1. The maximum Gasteiger partial charge on any atom is 0.360 e. The van der Waals surface area contributed by atoms with Crippen molar-refractivity contribution in [2.45, 2.75) is 59.7 Å². The van der Waals surface area contributed by atoms with Gasteiger partial charge in [0, 0.05) is 0 Å². The van der Waals surface area contributed by atoms with Crippen LogP contribution in [-0.2, 0) is 9.47 Å². The van der Waals surface area contributed by atoms with Crippen molar-refractivity contribution in [2.24, 2.45) is 0 Å². The smallest absolute Gasteiger partial charge is 0.360 e. The molecule has 2 aromatic rings. The fraction of sp³-hybridized carbons (Fsp3) is 0.450. The molecule has 0 bridgehead atoms. The molecule has 26 heavy (non-hydrogen) atoms. The van der Waals surface area contributed by atoms with E-state index in [-0.39, 0.29) is 11.3 Å². The van der Waals surface area contributed by atoms with Gasteiger partial charge in [0.05, 0.1) is 11.4 Å². The van der Waals surface area contributed by atoms with E-state index in [2.05, 4.69) is 5.10 Å². The van der Waals surface area contributed by atoms with Crippen LogP contribution in [0.2, 0.25) is 0 Å². The van der Waals surface area contributed by atoms with Crippen LogP contribution in [0.5, 0.6) is 0 Å². The lowest BCUT2D eigenvalue weighted by molar-refractivity contribution is 0.00148. The second kappa shape index (κ2) is 6.94. The minimum absolute atomic E-state index is 0.0458. The zero-order valence-electron chi connectivity index (χ0n) is 16.4. The quantitative estimate of drug-likeness (QED) is 0.773. The predicted molar refractivity (Wildman–Crippen MR) is 98.6 cm³/mol. The number of rotatable bonds is 3. The third-order valence-corrected chi connectivity index (χ3v) is 3.31. The highest BCUT2D eigenvalue weighted by molar-refractivity contribution is 6.03. The first-order valence-corrected chi connectivity index (χ1v) is 8.51. The summed E-state index contributed by atoms with van der Waals surface area (Å²) in [6.45, 7) is 12.3. The van der Waals surface area contributed by atoms with Crippen LogP contribution in [-0.4, -0.2) is 32.9 Å². The SMILES string of the molecule is Cc1c(C(=O)OC(C)(C)C)c(C(=O)OC(C)(C)C)nn1-c1ccccc1. The van der Waals surface area contributed by atoms with Crippen LogP contribution in [0, 0.1) is 6.92 Å². The average Bonchev–Trinajstić information content (AvgIpc) is 2.82. The van der Waals surface area contributed by atoms with E-state index in [0.717, 1.165) is 5.69 Å². The average molecular weight is 358 g/mol. The number of carbonyl (C=O) groups excluding carboxylic acids is 2. The minimum Gasteiger partial charge on any atom is -0.456 e. The summed E-state index contributed by atoms with van der Waals surface area (Å²) < 4.78 is 12.5. The normalized spacial score (nSPS) is 12.0. The van der Waals surface area contributed by atoms with E-state index in [0.29, 0.717) is 5.69 Å². The number of hydrogen-bond donors (Lipinski definition) is 0. The monoisotopic (exact) mass is 358 g/mol. The van der Waals surface area contributed by atoms with Crippen molar-refractivity contribution in [2.75, 3.05) is 0 Å². The highest BCUT2D eigenvalue weighted by atomic mass is 16.6. The molecule has 1 heterocycles. The van der Waals surface area contributed by atoms with E-state index in [1.54, 1.807) is 53.1 Å². The predicted octanol–water partition coefficient (Wildman–Crippen LogP) is 4.09. The zero-order valence-corrected chi connectivity index (χ0v) is 16.4. The van der Waals surface area contributed by atoms with Gasteiger partial charge < -0.3 is 9.47 Å². The Balaban J connectivity index is 2.57. The fourth-order valence-corrected chi connectivity index (χ4v) is 2.37. The Morgan fingerprint density at radius 2 is 1.38 bits per heavy atom. The summed E-state index contributed by atoms with van der Waals surface area (Å²) in [5, 5.41) is 4.36. The lowest BCUT2D eigenvalue weighted by Gasteiger charge is -2.21. The minimum atomic E-state index is -0.702. The largest absolute Gasteiger partial charge is 0.456 e. The molecule has 0 fully saturated rings. The molecule has 6 heteroatoms. The third kappa shape index (κ3) is 4.71. The molecule has 0 saturated heterocycles. The molecule has 0 saturated carbocycles. The molecule has 6 nitrogen and oxygen atoms in total. The van der Waals surface area contributed by atoms with Gasteiger partial charge in [0.2, 0.25) is 0 Å². The molecule has 0 amide bonds. The maximum absolute atomic E-state index is 12.7. The van der Waals surface area contributed by atoms with Crippen LogP contribution in [0.4, 0.5) is 0 Å². The molecule has 1 aromatic heterocycles. The van der Waals surface area contributed by atoms with E-state index < -0.39 is 23.1 Å². The molecule has 1 aromatic carbocycles. The van der Waals surface area contributed by atoms with E-state index in [1.165, 1.54) is 0 Å². The Hall–Kier alpha value is -2.63. The van der Waals surface area contributed by atoms with Crippen LogP contribution in [0.25, 0.3) is 5.69 Å². The van der Waals surface area contributed by atoms with Crippen molar-refractivity contribution in [3.8, 4) is 5.69 Å². The number of hydrogen-bond acceptors (Lipinski definition) is 5. The summed E-state index contributed by atoms with van der Waals surface area (Å²) in [6.07, 6.45) is 0. The summed E-state index contributed by atoms with van der Waals surface area (Å²) in [5.74, 6) is -1.26. The molecule has 0 N–H and O–H groups in total. The lowest BCUT2D eigenvalue weighted by Crippen LogP contribution is -2.28. The van der Waals surface area contributed by atoms with E-state index in [1.807, 2.05) is 30.3 Å². The Bertz CT molecular complexity index is 809. The van der Waals surface area contributed by atoms with Gasteiger partial charge in [0.15, 0.2) is 5.69 Å². The number of aromatic nitrogens is 2. The summed E-state index contributed by atoms with van der Waals surface area (Å²) in [7, 11) is 0. The molecule has 0 aliphatic heterocycles. The van der Waals surface area contributed by atoms with Crippen molar-refractivity contribution >= 4 is 11.9 Å². The maximum atomic E-state index is 12.7. The van der Waals surface area contributed by atoms with Crippen LogP contribution in [0.3, 0.4) is 0 Å². The Morgan fingerprint density at radius 3 is 1.88 bits per heavy atom. The van der Waals surface area contributed by atoms with Crippen LogP contribution < -0.4 is 0 Å². The molecular weight excluding hydrogens is 332 g/mol. The van der Waals surface area contributed by atoms with Gasteiger partial charge in [-0.05, 0) is 60.6 Å². The molecule has 0 aliphatic carbocycles. The van der Waals surface area contributed by atoms with Gasteiger partial charge in [0.1, 0.15) is 16.8 Å². The van der Waals surface area contributed by atoms with Crippen LogP contribution in [0.1, 0.15) is 68.1 Å². The van der Waals surface area contributed by atoms with Gasteiger partial charge in [-0.1, -0.05) is 18.2 Å². The number of para-hydroxylation sites is 1. The molecule has 140 valence electrons. The molecule has 0 spiro atoms. The van der Waals surface area contributed by atoms with Gasteiger partial charge in [0.25, 0.3) is 0 Å². The number of benzene rings is 1. The second-order valence-electron chi connectivity index (χ2n) is 8.06. The number of nitrogens with zero attached hydrogens (tertiary/aromatic N) is 2. The van der Waals surface area contributed by atoms with Gasteiger partial charge in [-0.25, -0.2) is 14.3 Å². The number of ether oxygens (including phenoxy) is 2. The van der Waals surface area contributed by atoms with Crippen molar-refractivity contribution in [3.05, 3.63) is 47.3 Å². The van der Waals surface area contributed by atoms with Crippen molar-refractivity contribution in [1.29, 1.82) is 0 Å². The molecule has 0 atom stereocenters. The van der Waals surface area contributed by atoms with Gasteiger partial charge >= 0.3 is 11.9 Å². The van der Waals surface area contributed by atoms with E-state index in [4.69, 9.17) is 9.47 Å². The Labute approximate surface area is 154 Å². The fourth-order valence-electron chi connectivity index (χ4n) is 2.37. The second-order valence-corrected chi connectivity index (χ2v) is 8.06. The highest BCUT2D eigenvalue weighted by Crippen LogP contribution is 2.23. The first kappa shape index (κ1) is 19.7. The van der Waals surface area contributed by atoms with E-state index in [9.17, 15) is 9.59 Å². The van der Waals surface area contributed by atoms with Crippen molar-refractivity contribution < 1.29 is 19.1 Å². The molecule has 2 rings (SSSR count). The topological polar surface area (TPSA) is 70.4 Å². The van der Waals surface area contributed by atoms with Gasteiger partial charge in [-0.15, -0.1) is 0 Å². The van der Waals surface area contributed by atoms with Crippen LogP contribution >= 0.6 is 0 Å². The number of esters is 2. The summed E-state index contributed by atoms with van der Waals surface area (Å²) in [5.41, 5.74) is -0.0551. The zero-order chi connectivity index (χ0) is 19.7. The molecule has 0 aliphatic rings. The number of carbonyl (C=O) groups is 2. The molecule has 0 radical (unpaired) electrons. The van der Waals surface area contributed by atoms with Crippen LogP contribution in [0.15, 0.2) is 30.3 Å². The Kier molecular flexibility index (Phi) is 5.26.